The molecule has 0 bridgehead atoms. The van der Waals surface area contributed by atoms with Gasteiger partial charge in [0.1, 0.15) is 5.75 Å². The molecule has 2 aromatic heterocycles. The maximum atomic E-state index is 12.1. The van der Waals surface area contributed by atoms with E-state index < -0.39 is 0 Å². The summed E-state index contributed by atoms with van der Waals surface area (Å²) >= 11 is 0. The number of ether oxygens (including phenoxy) is 2. The minimum Gasteiger partial charge on any atom is -0.494 e. The minimum absolute atomic E-state index is 0.0905. The lowest BCUT2D eigenvalue weighted by atomic mass is 10.2. The zero-order valence-electron chi connectivity index (χ0n) is 14.0. The maximum Gasteiger partial charge on any atom is 0.223 e. The first-order valence-electron chi connectivity index (χ1n) is 8.27. The molecule has 0 saturated heterocycles. The summed E-state index contributed by atoms with van der Waals surface area (Å²) in [6.07, 6.45) is 4.53. The van der Waals surface area contributed by atoms with Gasteiger partial charge < -0.3 is 19.0 Å². The topological polar surface area (TPSA) is 56.2 Å². The van der Waals surface area contributed by atoms with Gasteiger partial charge in [0.05, 0.1) is 19.8 Å². The van der Waals surface area contributed by atoms with E-state index >= 15 is 0 Å². The van der Waals surface area contributed by atoms with Gasteiger partial charge in [-0.1, -0.05) is 6.92 Å². The van der Waals surface area contributed by atoms with E-state index in [4.69, 9.17) is 9.47 Å². The molecular formula is C19H22N2O3. The largest absolute Gasteiger partial charge is 0.494 e. The lowest BCUT2D eigenvalue weighted by molar-refractivity contribution is 0.313. The Morgan fingerprint density at radius 3 is 2.75 bits per heavy atom. The van der Waals surface area contributed by atoms with Gasteiger partial charge in [-0.15, -0.1) is 0 Å². The van der Waals surface area contributed by atoms with E-state index in [0.29, 0.717) is 25.5 Å². The van der Waals surface area contributed by atoms with Crippen LogP contribution in [0.15, 0.2) is 47.5 Å². The fourth-order valence-electron chi connectivity index (χ4n) is 2.67. The first-order chi connectivity index (χ1) is 11.7. The molecule has 0 amide bonds. The number of hydrogen-bond donors (Lipinski definition) is 1. The number of H-pyrrole nitrogens is 1. The van der Waals surface area contributed by atoms with Crippen LogP contribution in [0.3, 0.4) is 0 Å². The molecule has 0 atom stereocenters. The second-order valence-electron chi connectivity index (χ2n) is 5.63. The summed E-state index contributed by atoms with van der Waals surface area (Å²) in [7, 11) is 0. The number of rotatable bonds is 7. The molecule has 0 spiro atoms. The number of aromatic amines is 1. The van der Waals surface area contributed by atoms with E-state index in [0.717, 1.165) is 28.8 Å². The first kappa shape index (κ1) is 16.2. The second-order valence-corrected chi connectivity index (χ2v) is 5.63. The molecular weight excluding hydrogens is 304 g/mol. The number of aromatic nitrogens is 2. The van der Waals surface area contributed by atoms with Gasteiger partial charge in [-0.05, 0) is 37.6 Å². The number of nitrogens with one attached hydrogen (secondary N) is 1. The van der Waals surface area contributed by atoms with Gasteiger partial charge in [-0.25, -0.2) is 0 Å². The summed E-state index contributed by atoms with van der Waals surface area (Å²) in [5.41, 5.74) is 1.85. The maximum absolute atomic E-state index is 12.1. The third kappa shape index (κ3) is 3.45. The highest BCUT2D eigenvalue weighted by molar-refractivity contribution is 5.81. The predicted molar refractivity (Wildman–Crippen MR) is 95.1 cm³/mol. The Bertz CT molecular complexity index is 880. The van der Waals surface area contributed by atoms with Gasteiger partial charge in [0.15, 0.2) is 5.75 Å². The molecule has 0 unspecified atom stereocenters. The lowest BCUT2D eigenvalue weighted by Gasteiger charge is -2.08. The monoisotopic (exact) mass is 326 g/mol. The van der Waals surface area contributed by atoms with E-state index in [1.165, 1.54) is 0 Å². The standard InChI is InChI=1S/C19H22N2O3/c1-3-9-24-19-12-20-15(11-18(19)22)13-21-8-7-14-10-16(23-4-2)5-6-17(14)21/h5-8,10-12H,3-4,9,13H2,1-2H3,(H,20,22). The number of fused-ring (bicyclic) bond motifs is 1. The van der Waals surface area contributed by atoms with Crippen LogP contribution in [0, 0.1) is 0 Å². The van der Waals surface area contributed by atoms with Crippen molar-refractivity contribution in [2.24, 2.45) is 0 Å². The van der Waals surface area contributed by atoms with Gasteiger partial charge in [-0.3, -0.25) is 4.79 Å². The summed E-state index contributed by atoms with van der Waals surface area (Å²) < 4.78 is 13.1. The van der Waals surface area contributed by atoms with Gasteiger partial charge in [0.2, 0.25) is 5.43 Å². The number of hydrogen-bond acceptors (Lipinski definition) is 3. The van der Waals surface area contributed by atoms with Crippen molar-refractivity contribution in [1.29, 1.82) is 0 Å². The average Bonchev–Trinajstić information content (AvgIpc) is 2.97. The van der Waals surface area contributed by atoms with E-state index in [1.807, 2.05) is 38.2 Å². The van der Waals surface area contributed by atoms with E-state index in [2.05, 4.69) is 15.6 Å². The minimum atomic E-state index is -0.0905. The first-order valence-corrected chi connectivity index (χ1v) is 8.27. The Kier molecular flexibility index (Phi) is 4.89. The van der Waals surface area contributed by atoms with Gasteiger partial charge in [0, 0.05) is 35.1 Å². The zero-order valence-corrected chi connectivity index (χ0v) is 14.0. The molecule has 5 heteroatoms. The quantitative estimate of drug-likeness (QED) is 0.722. The molecule has 0 radical (unpaired) electrons. The fourth-order valence-corrected chi connectivity index (χ4v) is 2.67. The Labute approximate surface area is 140 Å². The van der Waals surface area contributed by atoms with Crippen LogP contribution in [0.5, 0.6) is 11.5 Å². The van der Waals surface area contributed by atoms with Crippen molar-refractivity contribution in [1.82, 2.24) is 9.55 Å². The van der Waals surface area contributed by atoms with Crippen molar-refractivity contribution in [2.75, 3.05) is 13.2 Å². The molecule has 0 aliphatic rings. The smallest absolute Gasteiger partial charge is 0.223 e. The number of nitrogens with zero attached hydrogens (tertiary/aromatic N) is 1. The SMILES string of the molecule is CCCOc1c[nH]c(Cn2ccc3cc(OCC)ccc32)cc1=O. The molecule has 0 aliphatic carbocycles. The molecule has 126 valence electrons. The Balaban J connectivity index is 1.82. The Hall–Kier alpha value is -2.69. The molecule has 5 nitrogen and oxygen atoms in total. The van der Waals surface area contributed by atoms with E-state index in [9.17, 15) is 4.79 Å². The fraction of sp³-hybridized carbons (Fsp3) is 0.316. The van der Waals surface area contributed by atoms with Gasteiger partial charge in [0.25, 0.3) is 0 Å². The second kappa shape index (κ2) is 7.25. The molecule has 24 heavy (non-hydrogen) atoms. The van der Waals surface area contributed by atoms with Crippen molar-refractivity contribution in [2.45, 2.75) is 26.8 Å². The molecule has 0 aliphatic heterocycles. The molecule has 3 aromatic rings. The van der Waals surface area contributed by atoms with Crippen molar-refractivity contribution >= 4 is 10.9 Å². The van der Waals surface area contributed by atoms with E-state index in [1.54, 1.807) is 12.3 Å². The van der Waals surface area contributed by atoms with Crippen LogP contribution in [0.2, 0.25) is 0 Å². The third-order valence-electron chi connectivity index (χ3n) is 3.79. The molecule has 0 saturated carbocycles. The number of benzene rings is 1. The van der Waals surface area contributed by atoms with Crippen LogP contribution >= 0.6 is 0 Å². The van der Waals surface area contributed by atoms with Gasteiger partial charge >= 0.3 is 0 Å². The van der Waals surface area contributed by atoms with Crippen LogP contribution in [-0.4, -0.2) is 22.8 Å². The van der Waals surface area contributed by atoms with Crippen LogP contribution in [-0.2, 0) is 6.54 Å². The van der Waals surface area contributed by atoms with Crippen molar-refractivity contribution in [3.63, 3.8) is 0 Å². The Morgan fingerprint density at radius 2 is 2.00 bits per heavy atom. The van der Waals surface area contributed by atoms with Crippen molar-refractivity contribution in [3.8, 4) is 11.5 Å². The molecule has 2 heterocycles. The molecule has 1 aromatic carbocycles. The molecule has 0 fully saturated rings. The average molecular weight is 326 g/mol. The highest BCUT2D eigenvalue weighted by Crippen LogP contribution is 2.22. The lowest BCUT2D eigenvalue weighted by Crippen LogP contribution is -2.11. The van der Waals surface area contributed by atoms with Crippen LogP contribution in [0.25, 0.3) is 10.9 Å². The highest BCUT2D eigenvalue weighted by atomic mass is 16.5. The summed E-state index contributed by atoms with van der Waals surface area (Å²) in [5, 5.41) is 1.12. The summed E-state index contributed by atoms with van der Waals surface area (Å²) in [6.45, 7) is 5.78. The highest BCUT2D eigenvalue weighted by Gasteiger charge is 2.06. The predicted octanol–water partition coefficient (Wildman–Crippen LogP) is 3.57. The van der Waals surface area contributed by atoms with Crippen molar-refractivity contribution in [3.05, 3.63) is 58.6 Å². The molecule has 1 N–H and O–H groups in total. The number of pyridine rings is 1. The normalized spacial score (nSPS) is 10.9. The summed E-state index contributed by atoms with van der Waals surface area (Å²) in [6, 6.07) is 9.68. The van der Waals surface area contributed by atoms with Crippen molar-refractivity contribution < 1.29 is 9.47 Å². The molecule has 3 rings (SSSR count). The zero-order chi connectivity index (χ0) is 16.9. The van der Waals surface area contributed by atoms with Gasteiger partial charge in [-0.2, -0.15) is 0 Å². The summed E-state index contributed by atoms with van der Waals surface area (Å²) in [4.78, 5) is 15.2. The third-order valence-corrected chi connectivity index (χ3v) is 3.79. The Morgan fingerprint density at radius 1 is 1.12 bits per heavy atom. The van der Waals surface area contributed by atoms with E-state index in [-0.39, 0.29) is 5.43 Å². The van der Waals surface area contributed by atoms with Crippen LogP contribution in [0.4, 0.5) is 0 Å². The van der Waals surface area contributed by atoms with Crippen LogP contribution < -0.4 is 14.9 Å². The summed E-state index contributed by atoms with van der Waals surface area (Å²) in [5.74, 6) is 1.24. The van der Waals surface area contributed by atoms with Crippen LogP contribution in [0.1, 0.15) is 26.0 Å².